The molecule has 0 saturated heterocycles. The van der Waals surface area contributed by atoms with E-state index in [2.05, 4.69) is 9.72 Å². The summed E-state index contributed by atoms with van der Waals surface area (Å²) < 4.78 is 45.3. The maximum atomic E-state index is 12.1. The number of hydrogen-bond acceptors (Lipinski definition) is 4. The second-order valence-corrected chi connectivity index (χ2v) is 4.59. The van der Waals surface area contributed by atoms with E-state index in [0.717, 1.165) is 6.07 Å². The van der Waals surface area contributed by atoms with Crippen LogP contribution in [0.1, 0.15) is 18.1 Å². The van der Waals surface area contributed by atoms with E-state index in [-0.39, 0.29) is 13.0 Å². The first kappa shape index (κ1) is 16.0. The molecule has 0 unspecified atom stereocenters. The van der Waals surface area contributed by atoms with Gasteiger partial charge in [0, 0.05) is 6.07 Å². The van der Waals surface area contributed by atoms with E-state index < -0.39 is 18.2 Å². The third kappa shape index (κ3) is 5.21. The maximum absolute atomic E-state index is 12.1. The predicted octanol–water partition coefficient (Wildman–Crippen LogP) is 3.00. The molecule has 8 heteroatoms. The van der Waals surface area contributed by atoms with Crippen LogP contribution in [0.4, 0.5) is 13.2 Å². The minimum Gasteiger partial charge on any atom is -0.466 e. The van der Waals surface area contributed by atoms with Crippen molar-refractivity contribution < 1.29 is 27.4 Å². The lowest BCUT2D eigenvalue weighted by atomic mass is 10.1. The number of halogens is 4. The second-order valence-electron chi connectivity index (χ2n) is 3.57. The average molecular weight is 389 g/mol. The first-order chi connectivity index (χ1) is 8.73. The van der Waals surface area contributed by atoms with Gasteiger partial charge in [0.1, 0.15) is 3.70 Å². The van der Waals surface area contributed by atoms with Crippen LogP contribution in [0.25, 0.3) is 0 Å². The number of esters is 1. The van der Waals surface area contributed by atoms with Crippen LogP contribution < -0.4 is 4.74 Å². The lowest BCUT2D eigenvalue weighted by Crippen LogP contribution is -2.19. The third-order valence-corrected chi connectivity index (χ3v) is 3.21. The summed E-state index contributed by atoms with van der Waals surface area (Å²) in [5.41, 5.74) is 1.03. The average Bonchev–Trinajstić information content (AvgIpc) is 2.23. The maximum Gasteiger partial charge on any atom is 0.574 e. The molecule has 0 saturated carbocycles. The number of nitrogens with zero attached hydrogens (tertiary/aromatic N) is 1. The Morgan fingerprint density at radius 1 is 1.47 bits per heavy atom. The van der Waals surface area contributed by atoms with Gasteiger partial charge >= 0.3 is 12.3 Å². The molecule has 1 aromatic rings. The Morgan fingerprint density at radius 3 is 2.63 bits per heavy atom. The normalized spacial score (nSPS) is 11.3. The van der Waals surface area contributed by atoms with E-state index in [1.54, 1.807) is 36.4 Å². The monoisotopic (exact) mass is 389 g/mol. The van der Waals surface area contributed by atoms with Gasteiger partial charge in [-0.25, -0.2) is 4.98 Å². The summed E-state index contributed by atoms with van der Waals surface area (Å²) in [6.07, 6.45) is -4.93. The summed E-state index contributed by atoms with van der Waals surface area (Å²) in [6.45, 7) is 3.53. The van der Waals surface area contributed by atoms with Gasteiger partial charge in [0.05, 0.1) is 13.0 Å². The Morgan fingerprint density at radius 2 is 2.11 bits per heavy atom. The number of ether oxygens (including phenoxy) is 2. The van der Waals surface area contributed by atoms with Gasteiger partial charge < -0.3 is 9.47 Å². The first-order valence-electron chi connectivity index (χ1n) is 5.30. The minimum absolute atomic E-state index is 0.119. The SMILES string of the molecule is CCOC(=O)Cc1cc(OC(F)(F)F)nc(I)c1C. The summed E-state index contributed by atoms with van der Waals surface area (Å²) in [5, 5.41) is 0. The molecule has 1 heterocycles. The van der Waals surface area contributed by atoms with Crippen LogP contribution in [0.2, 0.25) is 0 Å². The smallest absolute Gasteiger partial charge is 0.466 e. The summed E-state index contributed by atoms with van der Waals surface area (Å²) in [7, 11) is 0. The number of hydrogen-bond donors (Lipinski definition) is 0. The standard InChI is InChI=1S/C11H11F3INO3/c1-3-18-9(17)5-7-4-8(19-11(12,13)14)16-10(15)6(7)2/h4H,3,5H2,1-2H3. The number of rotatable bonds is 4. The fourth-order valence-corrected chi connectivity index (χ4v) is 1.91. The molecule has 0 radical (unpaired) electrons. The van der Waals surface area contributed by atoms with E-state index in [1.165, 1.54) is 0 Å². The van der Waals surface area contributed by atoms with Crippen molar-refractivity contribution in [2.24, 2.45) is 0 Å². The van der Waals surface area contributed by atoms with Crippen molar-refractivity contribution in [1.82, 2.24) is 4.98 Å². The van der Waals surface area contributed by atoms with E-state index >= 15 is 0 Å². The summed E-state index contributed by atoms with van der Waals surface area (Å²) in [6, 6.07) is 1.10. The molecule has 106 valence electrons. The molecule has 0 aliphatic rings. The van der Waals surface area contributed by atoms with Crippen LogP contribution in [0.15, 0.2) is 6.07 Å². The molecule has 1 rings (SSSR count). The molecule has 4 nitrogen and oxygen atoms in total. The number of carbonyl (C=O) groups is 1. The van der Waals surface area contributed by atoms with Gasteiger partial charge in [-0.15, -0.1) is 13.2 Å². The molecule has 0 amide bonds. The van der Waals surface area contributed by atoms with Crippen LogP contribution in [0.5, 0.6) is 5.88 Å². The highest BCUT2D eigenvalue weighted by Gasteiger charge is 2.32. The largest absolute Gasteiger partial charge is 0.574 e. The molecular weight excluding hydrogens is 378 g/mol. The molecule has 0 aromatic carbocycles. The van der Waals surface area contributed by atoms with Crippen LogP contribution in [-0.4, -0.2) is 23.9 Å². The van der Waals surface area contributed by atoms with Crippen LogP contribution in [-0.2, 0) is 16.0 Å². The first-order valence-corrected chi connectivity index (χ1v) is 6.38. The third-order valence-electron chi connectivity index (χ3n) is 2.16. The molecule has 0 aliphatic heterocycles. The highest BCUT2D eigenvalue weighted by molar-refractivity contribution is 14.1. The lowest BCUT2D eigenvalue weighted by Gasteiger charge is -2.12. The van der Waals surface area contributed by atoms with E-state index in [1.807, 2.05) is 0 Å². The minimum atomic E-state index is -4.81. The summed E-state index contributed by atoms with van der Waals surface area (Å²) >= 11 is 1.78. The molecule has 1 aromatic heterocycles. The Bertz CT molecular complexity index is 477. The van der Waals surface area contributed by atoms with Crippen molar-refractivity contribution >= 4 is 28.6 Å². The molecule has 0 aliphatic carbocycles. The van der Waals surface area contributed by atoms with Gasteiger partial charge in [-0.2, -0.15) is 0 Å². The fourth-order valence-electron chi connectivity index (χ4n) is 1.32. The van der Waals surface area contributed by atoms with Gasteiger partial charge in [-0.1, -0.05) is 0 Å². The zero-order valence-corrected chi connectivity index (χ0v) is 12.3. The van der Waals surface area contributed by atoms with Crippen LogP contribution in [0, 0.1) is 10.6 Å². The van der Waals surface area contributed by atoms with Gasteiger partial charge in [0.2, 0.25) is 5.88 Å². The quantitative estimate of drug-likeness (QED) is 0.452. The zero-order chi connectivity index (χ0) is 14.6. The van der Waals surface area contributed by atoms with Crippen molar-refractivity contribution in [3.63, 3.8) is 0 Å². The van der Waals surface area contributed by atoms with Gasteiger partial charge in [-0.05, 0) is 47.6 Å². The van der Waals surface area contributed by atoms with Crippen molar-refractivity contribution in [3.8, 4) is 5.88 Å². The number of aromatic nitrogens is 1. The predicted molar refractivity (Wildman–Crippen MR) is 68.7 cm³/mol. The zero-order valence-electron chi connectivity index (χ0n) is 10.2. The van der Waals surface area contributed by atoms with Gasteiger partial charge in [0.25, 0.3) is 0 Å². The molecular formula is C11H11F3INO3. The molecule has 0 N–H and O–H groups in total. The highest BCUT2D eigenvalue weighted by Crippen LogP contribution is 2.25. The molecule has 0 fully saturated rings. The van der Waals surface area contributed by atoms with E-state index in [0.29, 0.717) is 14.8 Å². The van der Waals surface area contributed by atoms with Crippen molar-refractivity contribution in [3.05, 3.63) is 20.9 Å². The number of alkyl halides is 3. The van der Waals surface area contributed by atoms with Crippen molar-refractivity contribution in [1.29, 1.82) is 0 Å². The Hall–Kier alpha value is -1.06. The topological polar surface area (TPSA) is 48.4 Å². The molecule has 19 heavy (non-hydrogen) atoms. The van der Waals surface area contributed by atoms with Gasteiger partial charge in [0.15, 0.2) is 0 Å². The second kappa shape index (κ2) is 6.40. The number of pyridine rings is 1. The van der Waals surface area contributed by atoms with Crippen molar-refractivity contribution in [2.45, 2.75) is 26.6 Å². The number of carbonyl (C=O) groups excluding carboxylic acids is 1. The van der Waals surface area contributed by atoms with Crippen LogP contribution in [0.3, 0.4) is 0 Å². The molecule has 0 spiro atoms. The Kier molecular flexibility index (Phi) is 5.39. The fraction of sp³-hybridized carbons (Fsp3) is 0.455. The van der Waals surface area contributed by atoms with E-state index in [9.17, 15) is 18.0 Å². The van der Waals surface area contributed by atoms with Gasteiger partial charge in [-0.3, -0.25) is 4.79 Å². The molecule has 0 bridgehead atoms. The highest BCUT2D eigenvalue weighted by atomic mass is 127. The van der Waals surface area contributed by atoms with Crippen molar-refractivity contribution in [2.75, 3.05) is 6.61 Å². The Labute approximate surface area is 121 Å². The molecule has 0 atom stereocenters. The Balaban J connectivity index is 3.00. The lowest BCUT2D eigenvalue weighted by molar-refractivity contribution is -0.276. The summed E-state index contributed by atoms with van der Waals surface area (Å²) in [5.74, 6) is -1.09. The summed E-state index contributed by atoms with van der Waals surface area (Å²) in [4.78, 5) is 15.0. The van der Waals surface area contributed by atoms with E-state index in [4.69, 9.17) is 4.74 Å². The van der Waals surface area contributed by atoms with Crippen LogP contribution >= 0.6 is 22.6 Å².